The summed E-state index contributed by atoms with van der Waals surface area (Å²) in [6.07, 6.45) is 12.2. The number of hydrogen-bond acceptors (Lipinski definition) is 1. The van der Waals surface area contributed by atoms with Gasteiger partial charge < -0.3 is 4.90 Å². The lowest BCUT2D eigenvalue weighted by Gasteiger charge is -2.33. The van der Waals surface area contributed by atoms with Gasteiger partial charge in [-0.05, 0) is 165 Å². The molecule has 4 aliphatic carbocycles. The third-order valence-electron chi connectivity index (χ3n) is 14.7. The van der Waals surface area contributed by atoms with Gasteiger partial charge in [0.1, 0.15) is 0 Å². The van der Waals surface area contributed by atoms with E-state index in [0.717, 1.165) is 17.8 Å². The van der Waals surface area contributed by atoms with Gasteiger partial charge in [-0.15, -0.1) is 0 Å². The van der Waals surface area contributed by atoms with E-state index in [9.17, 15) is 0 Å². The Morgan fingerprint density at radius 3 is 1.93 bits per heavy atom. The molecular weight excluding hydrogens is 687 g/mol. The average Bonchev–Trinajstić information content (AvgIpc) is 3.97. The summed E-state index contributed by atoms with van der Waals surface area (Å²) in [5, 5.41) is 2.66. The van der Waals surface area contributed by atoms with Crippen LogP contribution in [0, 0.1) is 11.8 Å². The summed E-state index contributed by atoms with van der Waals surface area (Å²) in [5.74, 6) is 3.12. The zero-order chi connectivity index (χ0) is 38.1. The third-order valence-corrected chi connectivity index (χ3v) is 14.7. The maximum absolute atomic E-state index is 2.63. The monoisotopic (exact) mass is 739 g/mol. The molecular formula is C56H53N. The molecule has 0 N–H and O–H groups in total. The van der Waals surface area contributed by atoms with Crippen LogP contribution < -0.4 is 4.90 Å². The molecule has 0 radical (unpaired) electrons. The molecule has 11 rings (SSSR count). The predicted octanol–water partition coefficient (Wildman–Crippen LogP) is 15.9. The molecule has 0 amide bonds. The molecule has 0 spiro atoms. The molecule has 3 fully saturated rings. The van der Waals surface area contributed by atoms with Gasteiger partial charge in [0.25, 0.3) is 0 Å². The van der Waals surface area contributed by atoms with Crippen LogP contribution in [0.4, 0.5) is 17.1 Å². The molecule has 7 aromatic carbocycles. The summed E-state index contributed by atoms with van der Waals surface area (Å²) < 4.78 is 0. The Morgan fingerprint density at radius 1 is 0.491 bits per heavy atom. The van der Waals surface area contributed by atoms with E-state index < -0.39 is 0 Å². The van der Waals surface area contributed by atoms with E-state index in [4.69, 9.17) is 0 Å². The normalized spacial score (nSPS) is 20.8. The fraction of sp³-hybridized carbons (Fsp3) is 0.286. The Labute approximate surface area is 339 Å². The zero-order valence-corrected chi connectivity index (χ0v) is 33.6. The molecule has 4 aliphatic rings. The summed E-state index contributed by atoms with van der Waals surface area (Å²) >= 11 is 0. The summed E-state index contributed by atoms with van der Waals surface area (Å²) in [6.45, 7) is 4.86. The lowest BCUT2D eigenvalue weighted by Crippen LogP contribution is -2.18. The molecule has 3 saturated carbocycles. The van der Waals surface area contributed by atoms with E-state index in [-0.39, 0.29) is 5.41 Å². The molecule has 7 aromatic rings. The fourth-order valence-electron chi connectivity index (χ4n) is 11.8. The Morgan fingerprint density at radius 2 is 1.19 bits per heavy atom. The molecule has 3 atom stereocenters. The minimum atomic E-state index is -0.134. The van der Waals surface area contributed by atoms with Crippen molar-refractivity contribution >= 4 is 27.8 Å². The van der Waals surface area contributed by atoms with Crippen LogP contribution in [0.5, 0.6) is 0 Å². The van der Waals surface area contributed by atoms with E-state index in [1.54, 1.807) is 5.56 Å². The lowest BCUT2D eigenvalue weighted by atomic mass is 9.81. The lowest BCUT2D eigenvalue weighted by molar-refractivity contribution is 0.420. The van der Waals surface area contributed by atoms with Crippen LogP contribution in [0.15, 0.2) is 152 Å². The maximum atomic E-state index is 2.63. The first-order valence-corrected chi connectivity index (χ1v) is 21.9. The van der Waals surface area contributed by atoms with Crippen LogP contribution >= 0.6 is 0 Å². The zero-order valence-electron chi connectivity index (χ0n) is 33.6. The highest BCUT2D eigenvalue weighted by molar-refractivity contribution is 5.94. The second-order valence-corrected chi connectivity index (χ2v) is 18.3. The Balaban J connectivity index is 1.05. The van der Waals surface area contributed by atoms with Crippen molar-refractivity contribution in [2.24, 2.45) is 11.8 Å². The van der Waals surface area contributed by atoms with Gasteiger partial charge in [0.05, 0.1) is 5.69 Å². The van der Waals surface area contributed by atoms with Gasteiger partial charge in [-0.25, -0.2) is 0 Å². The molecule has 0 aliphatic heterocycles. The van der Waals surface area contributed by atoms with E-state index >= 15 is 0 Å². The second-order valence-electron chi connectivity index (χ2n) is 18.3. The van der Waals surface area contributed by atoms with Gasteiger partial charge in [-0.3, -0.25) is 0 Å². The molecule has 2 bridgehead atoms. The van der Waals surface area contributed by atoms with Gasteiger partial charge in [0.15, 0.2) is 0 Å². The molecule has 1 heteroatoms. The second kappa shape index (κ2) is 13.9. The standard InChI is InChI=1S/C56H53N/c1-56(2)53-30-25-44(48-20-12-11-19-47(48)38-13-5-3-6-14-38)34-52(53)49-29-28-46(36-54(49)56)57(45-26-23-40(24-27-45)50-32-37-21-22-43(50)31-37)55-35-42-18-10-9-17-41(42)33-51(55)39-15-7-4-8-16-39/h3,5-6,9-14,17-20,23-30,33-37,39,43,50H,4,7-8,15-16,21-22,31-32H2,1-2H3. The fourth-order valence-corrected chi connectivity index (χ4v) is 11.8. The van der Waals surface area contributed by atoms with Crippen molar-refractivity contribution in [2.75, 3.05) is 4.90 Å². The van der Waals surface area contributed by atoms with Crippen molar-refractivity contribution in [1.29, 1.82) is 0 Å². The topological polar surface area (TPSA) is 3.24 Å². The van der Waals surface area contributed by atoms with Crippen molar-refractivity contribution in [3.8, 4) is 33.4 Å². The van der Waals surface area contributed by atoms with E-state index in [0.29, 0.717) is 5.92 Å². The molecule has 0 aromatic heterocycles. The minimum Gasteiger partial charge on any atom is -0.310 e. The van der Waals surface area contributed by atoms with Crippen molar-refractivity contribution in [1.82, 2.24) is 0 Å². The van der Waals surface area contributed by atoms with Crippen LogP contribution in [-0.4, -0.2) is 0 Å². The number of anilines is 3. The van der Waals surface area contributed by atoms with E-state index in [1.807, 2.05) is 0 Å². The average molecular weight is 740 g/mol. The highest BCUT2D eigenvalue weighted by atomic mass is 15.1. The van der Waals surface area contributed by atoms with Crippen molar-refractivity contribution in [2.45, 2.75) is 88.9 Å². The quantitative estimate of drug-likeness (QED) is 0.157. The number of fused-ring (bicyclic) bond motifs is 6. The highest BCUT2D eigenvalue weighted by Gasteiger charge is 2.40. The molecule has 1 nitrogen and oxygen atoms in total. The largest absolute Gasteiger partial charge is 0.310 e. The smallest absolute Gasteiger partial charge is 0.0502 e. The van der Waals surface area contributed by atoms with Crippen LogP contribution in [0.2, 0.25) is 0 Å². The number of hydrogen-bond donors (Lipinski definition) is 0. The first-order chi connectivity index (χ1) is 28.0. The van der Waals surface area contributed by atoms with Crippen LogP contribution in [-0.2, 0) is 5.41 Å². The van der Waals surface area contributed by atoms with Gasteiger partial charge >= 0.3 is 0 Å². The van der Waals surface area contributed by atoms with E-state index in [2.05, 4.69) is 170 Å². The van der Waals surface area contributed by atoms with Crippen molar-refractivity contribution < 1.29 is 0 Å². The third kappa shape index (κ3) is 5.96. The SMILES string of the molecule is CC1(C)c2ccc(-c3ccccc3-c3ccccc3)cc2-c2ccc(N(c3ccc(C4CC5CCC4C5)cc3)c3cc4ccccc4cc3C3CCCCC3)cc21. The summed E-state index contributed by atoms with van der Waals surface area (Å²) in [7, 11) is 0. The maximum Gasteiger partial charge on any atom is 0.0502 e. The van der Waals surface area contributed by atoms with E-state index in [1.165, 1.54) is 136 Å². The Hall–Kier alpha value is -5.40. The minimum absolute atomic E-state index is 0.134. The number of benzene rings is 7. The number of nitrogens with zero attached hydrogens (tertiary/aromatic N) is 1. The van der Waals surface area contributed by atoms with Crippen molar-refractivity contribution in [3.63, 3.8) is 0 Å². The Kier molecular flexibility index (Phi) is 8.50. The van der Waals surface area contributed by atoms with Gasteiger partial charge in [0, 0.05) is 16.8 Å². The molecule has 3 unspecified atom stereocenters. The summed E-state index contributed by atoms with van der Waals surface area (Å²) in [6, 6.07) is 58.2. The summed E-state index contributed by atoms with van der Waals surface area (Å²) in [5.41, 5.74) is 17.4. The highest BCUT2D eigenvalue weighted by Crippen LogP contribution is 2.55. The number of rotatable bonds is 7. The van der Waals surface area contributed by atoms with Crippen LogP contribution in [0.3, 0.4) is 0 Å². The molecule has 0 heterocycles. The summed E-state index contributed by atoms with van der Waals surface area (Å²) in [4.78, 5) is 2.63. The first-order valence-electron chi connectivity index (χ1n) is 21.9. The van der Waals surface area contributed by atoms with Gasteiger partial charge in [-0.2, -0.15) is 0 Å². The molecule has 282 valence electrons. The molecule has 0 saturated heterocycles. The van der Waals surface area contributed by atoms with Gasteiger partial charge in [0.2, 0.25) is 0 Å². The first kappa shape index (κ1) is 34.8. The van der Waals surface area contributed by atoms with Crippen LogP contribution in [0.25, 0.3) is 44.2 Å². The van der Waals surface area contributed by atoms with Gasteiger partial charge in [-0.1, -0.05) is 149 Å². The molecule has 57 heavy (non-hydrogen) atoms. The Bertz CT molecular complexity index is 2610. The van der Waals surface area contributed by atoms with Crippen LogP contribution in [0.1, 0.15) is 106 Å². The van der Waals surface area contributed by atoms with Crippen molar-refractivity contribution in [3.05, 3.63) is 174 Å². The predicted molar refractivity (Wildman–Crippen MR) is 241 cm³/mol.